The average Bonchev–Trinajstić information content (AvgIpc) is 1.37. The molecule has 0 radical (unpaired) electrons. The maximum atomic E-state index is 14.7. The lowest BCUT2D eigenvalue weighted by Gasteiger charge is -2.39. The minimum Gasteiger partial charge on any atom is -0.481 e. The van der Waals surface area contributed by atoms with E-state index in [1.54, 1.807) is 62.4 Å². The van der Waals surface area contributed by atoms with Gasteiger partial charge in [0.05, 0.1) is 12.0 Å². The van der Waals surface area contributed by atoms with Crippen LogP contribution in [0.4, 0.5) is 10.5 Å². The Balaban J connectivity index is 1.02. The van der Waals surface area contributed by atoms with Crippen LogP contribution in [0.1, 0.15) is 185 Å². The maximum absolute atomic E-state index is 14.7. The smallest absolute Gasteiger partial charge is 0.407 e. The van der Waals surface area contributed by atoms with Crippen LogP contribution in [0, 0.1) is 23.7 Å². The summed E-state index contributed by atoms with van der Waals surface area (Å²) in [6.07, 6.45) is 9.93. The van der Waals surface area contributed by atoms with E-state index in [4.69, 9.17) is 9.47 Å². The lowest BCUT2D eigenvalue weighted by atomic mass is 9.92. The second-order valence-corrected chi connectivity index (χ2v) is 26.4. The molecule has 94 heavy (non-hydrogen) atoms. The summed E-state index contributed by atoms with van der Waals surface area (Å²) in [4.78, 5) is 152. The Morgan fingerprint density at radius 2 is 1.41 bits per heavy atom. The van der Waals surface area contributed by atoms with Gasteiger partial charge in [-0.3, -0.25) is 57.7 Å². The number of likely N-dealkylation sites (tertiary alicyclic amines) is 1. The Morgan fingerprint density at radius 1 is 0.745 bits per heavy atom. The predicted octanol–water partition coefficient (Wildman–Crippen LogP) is 8.01. The van der Waals surface area contributed by atoms with Gasteiger partial charge in [0.25, 0.3) is 17.7 Å². The molecule has 2 aliphatic rings. The number of amides is 9. The molecule has 24 nitrogen and oxygen atoms in total. The second-order valence-electron chi connectivity index (χ2n) is 25.5. The number of carbonyl (C=O) groups excluding carboxylic acids is 10. The minimum absolute atomic E-state index is 0.00555. The summed E-state index contributed by atoms with van der Waals surface area (Å²) in [7, 11) is 1.70. The number of aromatic nitrogens is 1. The van der Waals surface area contributed by atoms with Crippen LogP contribution in [0.25, 0.3) is 0 Å². The zero-order chi connectivity index (χ0) is 69.0. The topological polar surface area (TPSA) is 321 Å². The van der Waals surface area contributed by atoms with Gasteiger partial charge in [0.15, 0.2) is 6.10 Å². The fourth-order valence-corrected chi connectivity index (χ4v) is 12.3. The number of nitrogens with one attached hydrogen (secondary N) is 6. The van der Waals surface area contributed by atoms with Gasteiger partial charge in [0, 0.05) is 75.2 Å². The Hall–Kier alpha value is -8.06. The number of hydrogen-bond donors (Lipinski definition) is 7. The van der Waals surface area contributed by atoms with Gasteiger partial charge in [-0.25, -0.2) is 9.78 Å². The number of ether oxygens (including phenoxy) is 2. The number of carboxylic acid groups (broad SMARTS) is 1. The lowest BCUT2D eigenvalue weighted by Crippen LogP contribution is -2.58. The summed E-state index contributed by atoms with van der Waals surface area (Å²) in [5.41, 5.74) is 2.18. The van der Waals surface area contributed by atoms with Crippen LogP contribution in [0.15, 0.2) is 72.1 Å². The molecule has 3 aromatic rings. The third-order valence-electron chi connectivity index (χ3n) is 17.3. The van der Waals surface area contributed by atoms with Crippen LogP contribution >= 0.6 is 11.3 Å². The van der Waals surface area contributed by atoms with Crippen LogP contribution in [0.2, 0.25) is 0 Å². The number of piperidine rings is 1. The van der Waals surface area contributed by atoms with Crippen molar-refractivity contribution in [2.75, 3.05) is 38.5 Å². The summed E-state index contributed by atoms with van der Waals surface area (Å²) < 4.78 is 11.3. The van der Waals surface area contributed by atoms with Crippen molar-refractivity contribution in [1.82, 2.24) is 46.3 Å². The van der Waals surface area contributed by atoms with E-state index in [9.17, 15) is 57.8 Å². The van der Waals surface area contributed by atoms with Gasteiger partial charge in [-0.05, 0) is 112 Å². The number of unbranched alkanes of at least 4 members (excludes halogenated alkanes) is 5. The van der Waals surface area contributed by atoms with Crippen LogP contribution in [-0.2, 0) is 65.7 Å². The summed E-state index contributed by atoms with van der Waals surface area (Å²) in [5, 5.41) is 28.8. The van der Waals surface area contributed by atoms with E-state index in [0.717, 1.165) is 60.4 Å². The van der Waals surface area contributed by atoms with Crippen LogP contribution in [-0.4, -0.2) is 160 Å². The number of imide groups is 1. The summed E-state index contributed by atoms with van der Waals surface area (Å²) in [6.45, 7) is 18.0. The van der Waals surface area contributed by atoms with Gasteiger partial charge in [0.1, 0.15) is 35.4 Å². The average molecular weight is 1330 g/mol. The number of nitrogens with zero attached hydrogens (tertiary/aromatic N) is 4. The van der Waals surface area contributed by atoms with Crippen molar-refractivity contribution < 1.29 is 67.3 Å². The monoisotopic (exact) mass is 1320 g/mol. The Morgan fingerprint density at radius 3 is 2.06 bits per heavy atom. The standard InChI is InChI=1S/C69H100N10O14S/c1-11-45(6)61(67(88)77(10)55(43(2)3)40-56(93-48(9)80)66-74-53(42-94-66)63(85)73-52(38-46(7)68(89)90)39-49-24-16-14-17-25-49)76-64(86)54-26-19-23-36-78(54)35-21-13-12-20-34-70-69(91)92-41-50-28-30-51(31-29-50)72-62(84)47(8)71-65(87)60(44(4)5)75-57(81)27-18-15-22-37-79-58(82)32-33-59(79)83/h14,16-17,24-25,28-33,42-47,52,54-56,60-61H,11-13,15,18-23,26-27,34-41H2,1-10H3,(H,70,91)(H,71,87)(H,72,84)(H,73,85)(H,75,81)(H,76,86)(H,89,90)/t45-,46-,47?,52+,54?,55+,56+,60?,61-/m0/s1. The van der Waals surface area contributed by atoms with Crippen molar-refractivity contribution in [2.45, 2.75) is 208 Å². The van der Waals surface area contributed by atoms with Crippen molar-refractivity contribution in [2.24, 2.45) is 23.7 Å². The highest BCUT2D eigenvalue weighted by atomic mass is 32.1. The molecule has 3 unspecified atom stereocenters. The van der Waals surface area contributed by atoms with Gasteiger partial charge in [0.2, 0.25) is 29.5 Å². The highest BCUT2D eigenvalue weighted by Gasteiger charge is 2.38. The molecule has 7 N–H and O–H groups in total. The number of alkyl carbamates (subject to hydrolysis) is 1. The summed E-state index contributed by atoms with van der Waals surface area (Å²) in [6, 6.07) is 12.2. The van der Waals surface area contributed by atoms with E-state index in [1.165, 1.54) is 26.0 Å². The number of likely N-dealkylation sites (N-methyl/N-ethyl adjacent to an activating group) is 1. The van der Waals surface area contributed by atoms with Gasteiger partial charge in [-0.15, -0.1) is 11.3 Å². The fraction of sp³-hybridized carbons (Fsp3) is 0.594. The zero-order valence-corrected chi connectivity index (χ0v) is 57.2. The molecule has 25 heteroatoms. The van der Waals surface area contributed by atoms with E-state index < -0.39 is 84.0 Å². The van der Waals surface area contributed by atoms with Crippen molar-refractivity contribution in [3.05, 3.63) is 94.0 Å². The molecule has 0 saturated carbocycles. The zero-order valence-electron chi connectivity index (χ0n) is 56.4. The maximum Gasteiger partial charge on any atom is 0.407 e. The normalized spacial score (nSPS) is 16.6. The van der Waals surface area contributed by atoms with Crippen LogP contribution in [0.5, 0.6) is 0 Å². The first kappa shape index (κ1) is 76.7. The molecule has 3 heterocycles. The molecule has 1 aromatic heterocycles. The van der Waals surface area contributed by atoms with Crippen molar-refractivity contribution in [3.63, 3.8) is 0 Å². The van der Waals surface area contributed by atoms with Gasteiger partial charge < -0.3 is 51.4 Å². The molecule has 0 bridgehead atoms. The number of aliphatic carboxylic acids is 1. The third-order valence-corrected chi connectivity index (χ3v) is 18.2. The molecule has 9 amide bonds. The first-order valence-corrected chi connectivity index (χ1v) is 34.1. The molecular weight excluding hydrogens is 1220 g/mol. The predicted molar refractivity (Wildman–Crippen MR) is 356 cm³/mol. The van der Waals surface area contributed by atoms with Crippen LogP contribution < -0.4 is 31.9 Å². The number of carbonyl (C=O) groups is 11. The molecule has 0 aliphatic carbocycles. The van der Waals surface area contributed by atoms with E-state index in [-0.39, 0.29) is 85.4 Å². The second kappa shape index (κ2) is 39.0. The number of rotatable bonds is 39. The van der Waals surface area contributed by atoms with E-state index in [0.29, 0.717) is 74.3 Å². The molecule has 5 rings (SSSR count). The van der Waals surface area contributed by atoms with Gasteiger partial charge in [-0.1, -0.05) is 123 Å². The number of carboxylic acids is 1. The number of anilines is 1. The third kappa shape index (κ3) is 25.0. The number of benzene rings is 2. The van der Waals surface area contributed by atoms with E-state index >= 15 is 0 Å². The van der Waals surface area contributed by atoms with Gasteiger partial charge >= 0.3 is 18.0 Å². The largest absolute Gasteiger partial charge is 0.481 e. The number of hydrogen-bond acceptors (Lipinski definition) is 16. The van der Waals surface area contributed by atoms with Gasteiger partial charge in [-0.2, -0.15) is 0 Å². The fourth-order valence-electron chi connectivity index (χ4n) is 11.4. The molecule has 0 spiro atoms. The highest BCUT2D eigenvalue weighted by molar-refractivity contribution is 7.09. The molecule has 1 fully saturated rings. The molecule has 2 aliphatic heterocycles. The molecule has 9 atom stereocenters. The number of esters is 1. The minimum atomic E-state index is -0.970. The molecular formula is C69H100N10O14S. The summed E-state index contributed by atoms with van der Waals surface area (Å²) >= 11 is 1.15. The molecule has 516 valence electrons. The highest BCUT2D eigenvalue weighted by Crippen LogP contribution is 2.32. The quantitative estimate of drug-likeness (QED) is 0.0161. The summed E-state index contributed by atoms with van der Waals surface area (Å²) in [5.74, 6) is -5.81. The SMILES string of the molecule is CC[C@H](C)[C@H](NC(=O)C1CCCCN1CCCCCCNC(=O)OCc1ccc(NC(=O)C(C)NC(=O)C(NC(=O)CCCCCN2C(=O)C=CC2=O)C(C)C)cc1)C(=O)N(C)[C@H](C[C@@H](OC(C)=O)c1nc(C(=O)N[C@@H](Cc2ccccc2)C[C@H](C)C(=O)O)cs1)C(C)C. The molecule has 2 aromatic carbocycles. The molecule has 1 saturated heterocycles. The Labute approximate surface area is 557 Å². The Kier molecular flexibility index (Phi) is 31.8. The van der Waals surface area contributed by atoms with Crippen molar-refractivity contribution in [1.29, 1.82) is 0 Å². The Bertz CT molecular complexity index is 3030. The van der Waals surface area contributed by atoms with Crippen molar-refractivity contribution in [3.8, 4) is 0 Å². The number of thiazole rings is 1. The van der Waals surface area contributed by atoms with E-state index in [1.807, 2.05) is 58.0 Å². The lowest BCUT2D eigenvalue weighted by molar-refractivity contribution is -0.149. The van der Waals surface area contributed by atoms with Crippen molar-refractivity contribution >= 4 is 82.3 Å². The van der Waals surface area contributed by atoms with Crippen LogP contribution in [0.3, 0.4) is 0 Å². The first-order chi connectivity index (χ1) is 44.8. The van der Waals surface area contributed by atoms with E-state index in [2.05, 4.69) is 41.8 Å². The first-order valence-electron chi connectivity index (χ1n) is 33.2.